The Balaban J connectivity index is 1.13. The van der Waals surface area contributed by atoms with Crippen molar-refractivity contribution in [3.63, 3.8) is 0 Å². The molecule has 3 heterocycles. The minimum atomic E-state index is -0.302. The summed E-state index contributed by atoms with van der Waals surface area (Å²) in [4.78, 5) is 31.7. The van der Waals surface area contributed by atoms with Crippen LogP contribution in [0.15, 0.2) is 22.8 Å². The third kappa shape index (κ3) is 4.02. The van der Waals surface area contributed by atoms with Crippen LogP contribution < -0.4 is 5.32 Å². The van der Waals surface area contributed by atoms with Gasteiger partial charge in [-0.3, -0.25) is 14.5 Å². The number of nitrogens with zero attached hydrogens (tertiary/aromatic N) is 2. The highest BCUT2D eigenvalue weighted by molar-refractivity contribution is 5.91. The summed E-state index contributed by atoms with van der Waals surface area (Å²) in [6.07, 6.45) is 14.3. The van der Waals surface area contributed by atoms with E-state index in [4.69, 9.17) is 4.42 Å². The van der Waals surface area contributed by atoms with E-state index in [1.165, 1.54) is 38.5 Å². The van der Waals surface area contributed by atoms with Crippen molar-refractivity contribution in [2.24, 2.45) is 23.2 Å². The van der Waals surface area contributed by atoms with E-state index in [9.17, 15) is 9.59 Å². The van der Waals surface area contributed by atoms with Gasteiger partial charge in [0.1, 0.15) is 11.8 Å². The first-order valence-electron chi connectivity index (χ1n) is 13.5. The molecule has 2 aliphatic heterocycles. The van der Waals surface area contributed by atoms with Crippen LogP contribution in [0, 0.1) is 23.2 Å². The number of likely N-dealkylation sites (tertiary alicyclic amines) is 2. The Kier molecular flexibility index (Phi) is 5.76. The minimum absolute atomic E-state index is 0.0270. The number of hydrogen-bond acceptors (Lipinski definition) is 4. The number of nitrogens with one attached hydrogen (secondary N) is 1. The van der Waals surface area contributed by atoms with Gasteiger partial charge in [-0.2, -0.15) is 0 Å². The molecule has 6 heteroatoms. The summed E-state index contributed by atoms with van der Waals surface area (Å²) in [5.41, 5.74) is -0.165. The third-order valence-corrected chi connectivity index (χ3v) is 9.48. The zero-order valence-electron chi connectivity index (χ0n) is 19.8. The molecule has 2 unspecified atom stereocenters. The third-order valence-electron chi connectivity index (χ3n) is 9.48. The summed E-state index contributed by atoms with van der Waals surface area (Å²) in [6.45, 7) is 3.37. The van der Waals surface area contributed by atoms with Gasteiger partial charge in [0.2, 0.25) is 11.8 Å². The predicted octanol–water partition coefficient (Wildman–Crippen LogP) is 4.13. The molecule has 7 rings (SSSR count). The molecular formula is C27H39N3O3. The summed E-state index contributed by atoms with van der Waals surface area (Å²) in [5.74, 6) is 3.48. The smallest absolute Gasteiger partial charge is 0.242 e. The predicted molar refractivity (Wildman–Crippen MR) is 125 cm³/mol. The standard InChI is InChI=1S/C27H39N3O3/c31-25(28-18-23(24-7-5-11-33-24)29-8-2-1-3-9-29)22-6-4-10-30(22)26(32)27-15-19-12-20(16-27)14-21(13-19)17-27/h5,7,11,19-23H,1-4,6,8-10,12-18H2,(H,28,31). The van der Waals surface area contributed by atoms with Crippen molar-refractivity contribution in [3.8, 4) is 0 Å². The van der Waals surface area contributed by atoms with E-state index in [0.29, 0.717) is 12.5 Å². The molecule has 4 aliphatic carbocycles. The Morgan fingerprint density at radius 2 is 1.70 bits per heavy atom. The van der Waals surface area contributed by atoms with E-state index in [2.05, 4.69) is 10.2 Å². The number of furan rings is 1. The van der Waals surface area contributed by atoms with Gasteiger partial charge in [0.25, 0.3) is 0 Å². The molecule has 2 atom stereocenters. The van der Waals surface area contributed by atoms with E-state index in [1.807, 2.05) is 17.0 Å². The highest BCUT2D eigenvalue weighted by Gasteiger charge is 2.56. The lowest BCUT2D eigenvalue weighted by Crippen LogP contribution is -2.57. The molecule has 1 N–H and O–H groups in total. The highest BCUT2D eigenvalue weighted by atomic mass is 16.3. The molecule has 0 spiro atoms. The van der Waals surface area contributed by atoms with E-state index in [1.54, 1.807) is 6.26 Å². The summed E-state index contributed by atoms with van der Waals surface area (Å²) in [6, 6.07) is 3.71. The lowest BCUT2D eigenvalue weighted by molar-refractivity contribution is -0.160. The molecular weight excluding hydrogens is 414 g/mol. The van der Waals surface area contributed by atoms with Gasteiger partial charge < -0.3 is 14.6 Å². The molecule has 0 radical (unpaired) electrons. The van der Waals surface area contributed by atoms with Crippen molar-refractivity contribution < 1.29 is 14.0 Å². The van der Waals surface area contributed by atoms with Crippen LogP contribution in [0.4, 0.5) is 0 Å². The summed E-state index contributed by atoms with van der Waals surface area (Å²) >= 11 is 0. The summed E-state index contributed by atoms with van der Waals surface area (Å²) in [5, 5.41) is 3.23. The van der Waals surface area contributed by atoms with Crippen LogP contribution in [-0.2, 0) is 9.59 Å². The normalized spacial score (nSPS) is 36.8. The topological polar surface area (TPSA) is 65.8 Å². The first-order valence-corrected chi connectivity index (χ1v) is 13.5. The van der Waals surface area contributed by atoms with Crippen LogP contribution in [0.2, 0.25) is 0 Å². The van der Waals surface area contributed by atoms with Crippen LogP contribution in [0.1, 0.15) is 82.4 Å². The van der Waals surface area contributed by atoms with Crippen molar-refractivity contribution in [2.75, 3.05) is 26.2 Å². The number of piperidine rings is 1. The molecule has 4 saturated carbocycles. The largest absolute Gasteiger partial charge is 0.468 e. The van der Waals surface area contributed by atoms with Crippen molar-refractivity contribution in [3.05, 3.63) is 24.2 Å². The van der Waals surface area contributed by atoms with Crippen molar-refractivity contribution in [2.45, 2.75) is 82.7 Å². The minimum Gasteiger partial charge on any atom is -0.468 e. The molecule has 2 amide bonds. The monoisotopic (exact) mass is 453 g/mol. The van der Waals surface area contributed by atoms with Crippen LogP contribution in [0.25, 0.3) is 0 Å². The summed E-state index contributed by atoms with van der Waals surface area (Å²) < 4.78 is 5.75. The van der Waals surface area contributed by atoms with Gasteiger partial charge in [0, 0.05) is 13.1 Å². The van der Waals surface area contributed by atoms with Gasteiger partial charge in [0.05, 0.1) is 17.7 Å². The number of carbonyl (C=O) groups excluding carboxylic acids is 2. The number of amides is 2. The summed E-state index contributed by atoms with van der Waals surface area (Å²) in [7, 11) is 0. The van der Waals surface area contributed by atoms with Crippen LogP contribution in [0.5, 0.6) is 0 Å². The van der Waals surface area contributed by atoms with E-state index >= 15 is 0 Å². The fourth-order valence-corrected chi connectivity index (χ4v) is 8.40. The molecule has 1 aromatic heterocycles. The van der Waals surface area contributed by atoms with Gasteiger partial charge in [-0.1, -0.05) is 6.42 Å². The maximum Gasteiger partial charge on any atom is 0.242 e. The van der Waals surface area contributed by atoms with Crippen molar-refractivity contribution in [1.82, 2.24) is 15.1 Å². The molecule has 2 saturated heterocycles. The van der Waals surface area contributed by atoms with Crippen molar-refractivity contribution in [1.29, 1.82) is 0 Å². The average Bonchev–Trinajstić information content (AvgIpc) is 3.51. The SMILES string of the molecule is O=C(NCC(c1ccco1)N1CCCCC1)C1CCCN1C(=O)C12CC3CC(CC(C3)C1)C2. The quantitative estimate of drug-likeness (QED) is 0.703. The molecule has 1 aromatic rings. The Morgan fingerprint density at radius 1 is 1.00 bits per heavy atom. The van der Waals surface area contributed by atoms with E-state index in [0.717, 1.165) is 75.3 Å². The van der Waals surface area contributed by atoms with Gasteiger partial charge >= 0.3 is 0 Å². The molecule has 6 fully saturated rings. The maximum absolute atomic E-state index is 13.9. The Bertz CT molecular complexity index is 825. The Labute approximate surface area is 197 Å². The van der Waals surface area contributed by atoms with Crippen LogP contribution in [0.3, 0.4) is 0 Å². The molecule has 0 aromatic carbocycles. The maximum atomic E-state index is 13.9. The fourth-order valence-electron chi connectivity index (χ4n) is 8.40. The Hall–Kier alpha value is -1.82. The second-order valence-corrected chi connectivity index (χ2v) is 11.7. The first kappa shape index (κ1) is 21.7. The van der Waals surface area contributed by atoms with Gasteiger partial charge in [-0.15, -0.1) is 0 Å². The second kappa shape index (κ2) is 8.75. The molecule has 33 heavy (non-hydrogen) atoms. The number of hydrogen-bond donors (Lipinski definition) is 1. The number of carbonyl (C=O) groups is 2. The molecule has 4 bridgehead atoms. The highest BCUT2D eigenvalue weighted by Crippen LogP contribution is 2.60. The zero-order chi connectivity index (χ0) is 22.4. The first-order chi connectivity index (χ1) is 16.1. The van der Waals surface area contributed by atoms with Gasteiger partial charge in [0.15, 0.2) is 0 Å². The number of rotatable bonds is 6. The van der Waals surface area contributed by atoms with Gasteiger partial charge in [-0.05, 0) is 107 Å². The van der Waals surface area contributed by atoms with E-state index < -0.39 is 0 Å². The van der Waals surface area contributed by atoms with E-state index in [-0.39, 0.29) is 23.4 Å². The van der Waals surface area contributed by atoms with Crippen LogP contribution >= 0.6 is 0 Å². The van der Waals surface area contributed by atoms with Crippen molar-refractivity contribution >= 4 is 11.8 Å². The average molecular weight is 454 g/mol. The lowest BCUT2D eigenvalue weighted by Gasteiger charge is -2.56. The lowest BCUT2D eigenvalue weighted by atomic mass is 9.49. The van der Waals surface area contributed by atoms with Crippen LogP contribution in [-0.4, -0.2) is 53.8 Å². The Morgan fingerprint density at radius 3 is 2.33 bits per heavy atom. The molecule has 6 nitrogen and oxygen atoms in total. The van der Waals surface area contributed by atoms with Gasteiger partial charge in [-0.25, -0.2) is 0 Å². The second-order valence-electron chi connectivity index (χ2n) is 11.7. The zero-order valence-corrected chi connectivity index (χ0v) is 19.8. The molecule has 6 aliphatic rings. The molecule has 180 valence electrons. The fraction of sp³-hybridized carbons (Fsp3) is 0.778.